The zero-order valence-electron chi connectivity index (χ0n) is 19.8. The highest BCUT2D eigenvalue weighted by molar-refractivity contribution is 6.30. The molecule has 4 aromatic rings. The highest BCUT2D eigenvalue weighted by Gasteiger charge is 2.35. The van der Waals surface area contributed by atoms with E-state index in [1.54, 1.807) is 7.11 Å². The Labute approximate surface area is 209 Å². The Kier molecular flexibility index (Phi) is 6.61. The van der Waals surface area contributed by atoms with Crippen molar-refractivity contribution in [3.05, 3.63) is 100 Å². The number of methoxy groups -OCH3 is 1. The molecule has 180 valence electrons. The Bertz CT molecular complexity index is 1330. The van der Waals surface area contributed by atoms with E-state index in [9.17, 15) is 4.79 Å². The first-order valence-electron chi connectivity index (χ1n) is 11.7. The molecule has 1 N–H and O–H groups in total. The van der Waals surface area contributed by atoms with E-state index in [-0.39, 0.29) is 12.1 Å². The third-order valence-corrected chi connectivity index (χ3v) is 6.55. The number of rotatable bonds is 6. The molecule has 1 aliphatic rings. The van der Waals surface area contributed by atoms with E-state index in [1.165, 1.54) is 0 Å². The van der Waals surface area contributed by atoms with Gasteiger partial charge in [-0.05, 0) is 55.3 Å². The van der Waals surface area contributed by atoms with Gasteiger partial charge in [-0.15, -0.1) is 0 Å². The number of halogens is 1. The summed E-state index contributed by atoms with van der Waals surface area (Å²) in [5, 5.41) is 8.59. The minimum Gasteiger partial charge on any atom is -0.385 e. The SMILES string of the molecule is COCCCNC(=O)N1Cc2c(C)nn(-c3ccccc3)c2-n2cccc2C1c1cccc(Cl)c1. The van der Waals surface area contributed by atoms with E-state index < -0.39 is 0 Å². The molecule has 1 unspecified atom stereocenters. The number of aryl methyl sites for hydroxylation is 1. The molecule has 3 heterocycles. The van der Waals surface area contributed by atoms with Gasteiger partial charge in [-0.1, -0.05) is 41.9 Å². The van der Waals surface area contributed by atoms with Crippen LogP contribution in [0.25, 0.3) is 11.5 Å². The number of benzene rings is 2. The first-order chi connectivity index (χ1) is 17.1. The molecule has 7 nitrogen and oxygen atoms in total. The normalized spacial score (nSPS) is 14.8. The van der Waals surface area contributed by atoms with Crippen molar-refractivity contribution in [3.8, 4) is 11.5 Å². The Morgan fingerprint density at radius 2 is 1.97 bits per heavy atom. The summed E-state index contributed by atoms with van der Waals surface area (Å²) in [6.45, 7) is 3.52. The second-order valence-electron chi connectivity index (χ2n) is 8.60. The lowest BCUT2D eigenvalue weighted by molar-refractivity contribution is 0.174. The predicted molar refractivity (Wildman–Crippen MR) is 136 cm³/mol. The van der Waals surface area contributed by atoms with Crippen LogP contribution in [0.5, 0.6) is 0 Å². The molecule has 0 radical (unpaired) electrons. The number of hydrogen-bond acceptors (Lipinski definition) is 3. The number of amides is 2. The lowest BCUT2D eigenvalue weighted by Gasteiger charge is -2.31. The van der Waals surface area contributed by atoms with Crippen LogP contribution in [0.3, 0.4) is 0 Å². The maximum atomic E-state index is 13.6. The monoisotopic (exact) mass is 489 g/mol. The maximum Gasteiger partial charge on any atom is 0.318 e. The molecule has 2 amide bonds. The third-order valence-electron chi connectivity index (χ3n) is 6.31. The molecule has 0 fully saturated rings. The highest BCUT2D eigenvalue weighted by Crippen LogP contribution is 2.38. The van der Waals surface area contributed by atoms with Crippen LogP contribution in [0.1, 0.15) is 35.0 Å². The molecular weight excluding hydrogens is 462 g/mol. The fraction of sp³-hybridized carbons (Fsp3) is 0.259. The number of nitrogens with one attached hydrogen (secondary N) is 1. The third kappa shape index (κ3) is 4.45. The van der Waals surface area contributed by atoms with Gasteiger partial charge in [-0.3, -0.25) is 0 Å². The molecule has 0 bridgehead atoms. The molecular formula is C27H28ClN5O2. The van der Waals surface area contributed by atoms with Gasteiger partial charge in [0.05, 0.1) is 29.7 Å². The van der Waals surface area contributed by atoms with Crippen LogP contribution < -0.4 is 5.32 Å². The summed E-state index contributed by atoms with van der Waals surface area (Å²) in [6, 6.07) is 21.4. The number of fused-ring (bicyclic) bond motifs is 3. The molecule has 8 heteroatoms. The Hall–Kier alpha value is -3.55. The summed E-state index contributed by atoms with van der Waals surface area (Å²) in [6.07, 6.45) is 2.77. The number of para-hydroxylation sites is 1. The summed E-state index contributed by atoms with van der Waals surface area (Å²) < 4.78 is 9.25. The molecule has 0 saturated heterocycles. The van der Waals surface area contributed by atoms with Crippen molar-refractivity contribution in [2.75, 3.05) is 20.3 Å². The number of aromatic nitrogens is 3. The Balaban J connectivity index is 1.66. The number of nitrogens with zero attached hydrogens (tertiary/aromatic N) is 4. The van der Waals surface area contributed by atoms with Crippen molar-refractivity contribution in [2.45, 2.75) is 25.9 Å². The van der Waals surface area contributed by atoms with E-state index in [1.807, 2.05) is 83.4 Å². The predicted octanol–water partition coefficient (Wildman–Crippen LogP) is 5.28. The lowest BCUT2D eigenvalue weighted by atomic mass is 10.0. The fourth-order valence-electron chi connectivity index (χ4n) is 4.69. The van der Waals surface area contributed by atoms with Gasteiger partial charge in [0, 0.05) is 37.0 Å². The first kappa shape index (κ1) is 23.2. The Morgan fingerprint density at radius 3 is 2.74 bits per heavy atom. The van der Waals surface area contributed by atoms with Crippen molar-refractivity contribution in [1.82, 2.24) is 24.6 Å². The molecule has 1 atom stereocenters. The van der Waals surface area contributed by atoms with E-state index in [2.05, 4.69) is 16.0 Å². The minimum absolute atomic E-state index is 0.140. The van der Waals surface area contributed by atoms with Gasteiger partial charge < -0.3 is 19.5 Å². The molecule has 35 heavy (non-hydrogen) atoms. The molecule has 0 spiro atoms. The fourth-order valence-corrected chi connectivity index (χ4v) is 4.89. The molecule has 1 aliphatic heterocycles. The first-order valence-corrected chi connectivity index (χ1v) is 12.1. The van der Waals surface area contributed by atoms with E-state index >= 15 is 0 Å². The average Bonchev–Trinajstić information content (AvgIpc) is 3.42. The number of carbonyl (C=O) groups excluding carboxylic acids is 1. The summed E-state index contributed by atoms with van der Waals surface area (Å²) in [7, 11) is 1.66. The lowest BCUT2D eigenvalue weighted by Crippen LogP contribution is -2.42. The summed E-state index contributed by atoms with van der Waals surface area (Å²) >= 11 is 6.40. The van der Waals surface area contributed by atoms with Gasteiger partial charge in [0.25, 0.3) is 0 Å². The van der Waals surface area contributed by atoms with Crippen LogP contribution in [0, 0.1) is 6.92 Å². The van der Waals surface area contributed by atoms with Crippen LogP contribution in [-0.2, 0) is 11.3 Å². The largest absolute Gasteiger partial charge is 0.385 e. The number of hydrogen-bond donors (Lipinski definition) is 1. The van der Waals surface area contributed by atoms with E-state index in [0.717, 1.165) is 40.4 Å². The molecule has 5 rings (SSSR count). The molecule has 2 aromatic carbocycles. The quantitative estimate of drug-likeness (QED) is 0.375. The zero-order valence-corrected chi connectivity index (χ0v) is 20.6. The summed E-state index contributed by atoms with van der Waals surface area (Å²) in [5.41, 5.74) is 4.77. The van der Waals surface area contributed by atoms with Crippen LogP contribution in [0.2, 0.25) is 5.02 Å². The van der Waals surface area contributed by atoms with Crippen molar-refractivity contribution in [3.63, 3.8) is 0 Å². The van der Waals surface area contributed by atoms with Gasteiger partial charge in [-0.2, -0.15) is 5.10 Å². The van der Waals surface area contributed by atoms with Crippen LogP contribution >= 0.6 is 11.6 Å². The standard InChI is InChI=1S/C27H28ClN5O2/c1-19-23-18-32(27(34)29-14-8-16-35-2)25(20-9-6-10-21(28)17-20)24-13-7-15-31(24)26(23)33(30-19)22-11-4-3-5-12-22/h3-7,9-13,15,17,25H,8,14,16,18H2,1-2H3,(H,29,34). The number of carbonyl (C=O) groups is 1. The summed E-state index contributed by atoms with van der Waals surface area (Å²) in [5.74, 6) is 0.940. The van der Waals surface area contributed by atoms with Crippen LogP contribution in [0.4, 0.5) is 4.79 Å². The molecule has 0 saturated carbocycles. The van der Waals surface area contributed by atoms with Crippen molar-refractivity contribution in [2.24, 2.45) is 0 Å². The van der Waals surface area contributed by atoms with Crippen LogP contribution in [0.15, 0.2) is 72.9 Å². The topological polar surface area (TPSA) is 64.3 Å². The second kappa shape index (κ2) is 9.98. The van der Waals surface area contributed by atoms with Gasteiger partial charge in [0.2, 0.25) is 0 Å². The van der Waals surface area contributed by atoms with Gasteiger partial charge in [0.1, 0.15) is 5.82 Å². The number of ether oxygens (including phenoxy) is 1. The Morgan fingerprint density at radius 1 is 1.14 bits per heavy atom. The van der Waals surface area contributed by atoms with Crippen molar-refractivity contribution < 1.29 is 9.53 Å². The van der Waals surface area contributed by atoms with Crippen molar-refractivity contribution >= 4 is 17.6 Å². The van der Waals surface area contributed by atoms with E-state index in [0.29, 0.717) is 24.7 Å². The van der Waals surface area contributed by atoms with Crippen LogP contribution in [-0.4, -0.2) is 45.5 Å². The van der Waals surface area contributed by atoms with Gasteiger partial charge in [-0.25, -0.2) is 9.48 Å². The number of urea groups is 1. The minimum atomic E-state index is -0.331. The second-order valence-corrected chi connectivity index (χ2v) is 9.04. The van der Waals surface area contributed by atoms with Gasteiger partial charge >= 0.3 is 6.03 Å². The highest BCUT2D eigenvalue weighted by atomic mass is 35.5. The maximum absolute atomic E-state index is 13.6. The average molecular weight is 490 g/mol. The van der Waals surface area contributed by atoms with Gasteiger partial charge in [0.15, 0.2) is 0 Å². The molecule has 0 aliphatic carbocycles. The van der Waals surface area contributed by atoms with Crippen molar-refractivity contribution in [1.29, 1.82) is 0 Å². The smallest absolute Gasteiger partial charge is 0.318 e. The van der Waals surface area contributed by atoms with E-state index in [4.69, 9.17) is 21.4 Å². The molecule has 2 aromatic heterocycles. The summed E-state index contributed by atoms with van der Waals surface area (Å²) in [4.78, 5) is 15.5. The zero-order chi connectivity index (χ0) is 24.4.